The zero-order valence-corrected chi connectivity index (χ0v) is 22.3. The number of hydrogen-bond donors (Lipinski definition) is 1. The van der Waals surface area contributed by atoms with E-state index in [0.717, 1.165) is 15.8 Å². The topological polar surface area (TPSA) is 125 Å². The van der Waals surface area contributed by atoms with E-state index in [1.54, 1.807) is 0 Å². The molecule has 2 aromatic heterocycles. The molecule has 1 atom stereocenters. The van der Waals surface area contributed by atoms with E-state index in [4.69, 9.17) is 14.6 Å². The fourth-order valence-corrected chi connectivity index (χ4v) is 4.77. The van der Waals surface area contributed by atoms with E-state index in [-0.39, 0.29) is 57.7 Å². The molecule has 0 radical (unpaired) electrons. The third-order valence-electron chi connectivity index (χ3n) is 6.76. The molecule has 2 aliphatic heterocycles. The number of ether oxygens (including phenoxy) is 4. The Bertz CT molecular complexity index is 1780. The lowest BCUT2D eigenvalue weighted by molar-refractivity contribution is -0.286. The first-order valence-electron chi connectivity index (χ1n) is 12.7. The number of rotatable bonds is 6. The van der Waals surface area contributed by atoms with Crippen LogP contribution < -0.4 is 19.1 Å². The average Bonchev–Trinajstić information content (AvgIpc) is 3.53. The van der Waals surface area contributed by atoms with E-state index in [1.807, 2.05) is 0 Å². The molecule has 0 spiro atoms. The molecule has 44 heavy (non-hydrogen) atoms. The number of halogens is 5. The smallest absolute Gasteiger partial charge is 0.480 e. The lowest BCUT2D eigenvalue weighted by Crippen LogP contribution is -2.27. The largest absolute Gasteiger partial charge is 0.586 e. The maximum Gasteiger partial charge on any atom is 0.586 e. The number of nitrogens with zero attached hydrogens (tertiary/aromatic N) is 4. The van der Waals surface area contributed by atoms with Gasteiger partial charge in [-0.25, -0.2) is 14.5 Å². The number of anilines is 1. The Hall–Kier alpha value is -5.25. The number of carbonyl (C=O) groups is 2. The van der Waals surface area contributed by atoms with Crippen LogP contribution in [0.5, 0.6) is 17.2 Å². The maximum atomic E-state index is 14.1. The quantitative estimate of drug-likeness (QED) is 0.289. The molecule has 2 aliphatic rings. The first-order chi connectivity index (χ1) is 20.8. The van der Waals surface area contributed by atoms with Gasteiger partial charge in [-0.2, -0.15) is 18.3 Å². The minimum Gasteiger partial charge on any atom is -0.480 e. The average molecular weight is 618 g/mol. The molecule has 11 nitrogen and oxygen atoms in total. The van der Waals surface area contributed by atoms with Crippen LogP contribution in [0.15, 0.2) is 60.8 Å². The molecule has 6 rings (SSSR count). The second-order valence-electron chi connectivity index (χ2n) is 9.64. The Balaban J connectivity index is 1.34. The van der Waals surface area contributed by atoms with Crippen LogP contribution in [0.1, 0.15) is 43.9 Å². The summed E-state index contributed by atoms with van der Waals surface area (Å²) in [4.78, 5) is 29.4. The molecular formula is C28H19F5N4O7. The molecule has 0 saturated carbocycles. The molecule has 0 fully saturated rings. The fraction of sp³-hybridized carbons (Fsp3) is 0.214. The Morgan fingerprint density at radius 1 is 1.09 bits per heavy atom. The number of amides is 1. The summed E-state index contributed by atoms with van der Waals surface area (Å²) in [7, 11) is 1.38. The third kappa shape index (κ3) is 5.34. The lowest BCUT2D eigenvalue weighted by Gasteiger charge is -2.26. The summed E-state index contributed by atoms with van der Waals surface area (Å²) in [6, 6.07) is 11.9. The van der Waals surface area contributed by atoms with Gasteiger partial charge in [-0.1, -0.05) is 6.07 Å². The van der Waals surface area contributed by atoms with Crippen LogP contribution in [-0.2, 0) is 17.5 Å². The molecule has 228 valence electrons. The van der Waals surface area contributed by atoms with E-state index in [1.165, 1.54) is 61.6 Å². The van der Waals surface area contributed by atoms with Gasteiger partial charge in [0.1, 0.15) is 11.4 Å². The van der Waals surface area contributed by atoms with Crippen LogP contribution in [0.25, 0.3) is 5.69 Å². The Morgan fingerprint density at radius 3 is 2.57 bits per heavy atom. The van der Waals surface area contributed by atoms with Crippen molar-refractivity contribution in [1.82, 2.24) is 14.8 Å². The van der Waals surface area contributed by atoms with Crippen molar-refractivity contribution in [1.29, 1.82) is 0 Å². The number of pyridine rings is 1. The van der Waals surface area contributed by atoms with Crippen molar-refractivity contribution in [2.75, 3.05) is 18.6 Å². The van der Waals surface area contributed by atoms with Crippen LogP contribution in [0.4, 0.5) is 27.6 Å². The van der Waals surface area contributed by atoms with Gasteiger partial charge in [-0.15, -0.1) is 8.78 Å². The van der Waals surface area contributed by atoms with Crippen LogP contribution in [0, 0.1) is 0 Å². The number of alkyl halides is 5. The summed E-state index contributed by atoms with van der Waals surface area (Å²) in [5.74, 6) is -2.29. The maximum absolute atomic E-state index is 14.1. The monoisotopic (exact) mass is 618 g/mol. The standard InChI is InChI=1S/C28H19F5N4O7/c1-36(15-5-8-20-21(10-15)44-28(32,33)43-20)25(38)14-3-2-4-16(9-14)37-23-18(24(35-37)27(29,30)31)12-41-13-22(23)42-17-6-7-19(26(39)40)34-11-17/h2-11,22H,12-13H2,1H3,(H,39,40). The highest BCUT2D eigenvalue weighted by Crippen LogP contribution is 2.43. The number of fused-ring (bicyclic) bond motifs is 2. The Labute approximate surface area is 243 Å². The van der Waals surface area contributed by atoms with Crippen LogP contribution in [-0.4, -0.2) is 51.7 Å². The highest BCUT2D eigenvalue weighted by Gasteiger charge is 2.44. The van der Waals surface area contributed by atoms with E-state index >= 15 is 0 Å². The Kier molecular flexibility index (Phi) is 6.87. The predicted molar refractivity (Wildman–Crippen MR) is 138 cm³/mol. The number of benzene rings is 2. The van der Waals surface area contributed by atoms with E-state index in [2.05, 4.69) is 19.6 Å². The summed E-state index contributed by atoms with van der Waals surface area (Å²) in [5, 5.41) is 12.9. The van der Waals surface area contributed by atoms with Gasteiger partial charge < -0.3 is 29.0 Å². The van der Waals surface area contributed by atoms with Crippen molar-refractivity contribution in [3.05, 3.63) is 89.0 Å². The molecular weight excluding hydrogens is 599 g/mol. The Morgan fingerprint density at radius 2 is 1.86 bits per heavy atom. The highest BCUT2D eigenvalue weighted by atomic mass is 19.4. The molecule has 0 aliphatic carbocycles. The van der Waals surface area contributed by atoms with Crippen molar-refractivity contribution < 1.29 is 55.6 Å². The molecule has 1 amide bonds. The number of carboxylic acid groups (broad SMARTS) is 1. The molecule has 4 heterocycles. The molecule has 0 bridgehead atoms. The van der Waals surface area contributed by atoms with Gasteiger partial charge in [0, 0.05) is 29.9 Å². The lowest BCUT2D eigenvalue weighted by atomic mass is 10.1. The van der Waals surface area contributed by atoms with Gasteiger partial charge >= 0.3 is 18.4 Å². The van der Waals surface area contributed by atoms with Gasteiger partial charge in [0.2, 0.25) is 0 Å². The van der Waals surface area contributed by atoms with Gasteiger partial charge in [0.05, 0.1) is 30.8 Å². The first kappa shape index (κ1) is 28.9. The van der Waals surface area contributed by atoms with E-state index in [0.29, 0.717) is 0 Å². The molecule has 1 unspecified atom stereocenters. The van der Waals surface area contributed by atoms with Crippen LogP contribution in [0.3, 0.4) is 0 Å². The van der Waals surface area contributed by atoms with Crippen molar-refractivity contribution in [2.24, 2.45) is 0 Å². The van der Waals surface area contributed by atoms with E-state index < -0.39 is 42.8 Å². The SMILES string of the molecule is CN(C(=O)c1cccc(-n2nc(C(F)(F)F)c3c2C(Oc2ccc(C(=O)O)nc2)COC3)c1)c1ccc2c(c1)OC(F)(F)O2. The van der Waals surface area contributed by atoms with E-state index in [9.17, 15) is 31.5 Å². The van der Waals surface area contributed by atoms with Gasteiger partial charge in [-0.3, -0.25) is 4.79 Å². The number of aromatic carboxylic acids is 1. The highest BCUT2D eigenvalue weighted by molar-refractivity contribution is 6.06. The first-order valence-corrected chi connectivity index (χ1v) is 12.7. The summed E-state index contributed by atoms with van der Waals surface area (Å²) >= 11 is 0. The fourth-order valence-electron chi connectivity index (χ4n) is 4.77. The molecule has 16 heteroatoms. The van der Waals surface area contributed by atoms with Gasteiger partial charge in [0.15, 0.2) is 23.3 Å². The second-order valence-corrected chi connectivity index (χ2v) is 9.64. The molecule has 1 N–H and O–H groups in total. The third-order valence-corrected chi connectivity index (χ3v) is 6.76. The van der Waals surface area contributed by atoms with Crippen molar-refractivity contribution >= 4 is 17.6 Å². The van der Waals surface area contributed by atoms with Gasteiger partial charge in [-0.05, 0) is 42.5 Å². The normalized spacial score (nSPS) is 16.7. The van der Waals surface area contributed by atoms with Crippen LogP contribution >= 0.6 is 0 Å². The molecule has 4 aromatic rings. The van der Waals surface area contributed by atoms with Crippen LogP contribution in [0.2, 0.25) is 0 Å². The minimum absolute atomic E-state index is 0.0144. The van der Waals surface area contributed by atoms with Crippen molar-refractivity contribution in [3.8, 4) is 22.9 Å². The number of hydrogen-bond acceptors (Lipinski definition) is 8. The number of carbonyl (C=O) groups excluding carboxylic acids is 1. The zero-order valence-electron chi connectivity index (χ0n) is 22.3. The summed E-state index contributed by atoms with van der Waals surface area (Å²) < 4.78 is 90.2. The zero-order chi connectivity index (χ0) is 31.4. The predicted octanol–water partition coefficient (Wildman–Crippen LogP) is 5.23. The molecule has 2 aromatic carbocycles. The second kappa shape index (κ2) is 10.5. The summed E-state index contributed by atoms with van der Waals surface area (Å²) in [6.45, 7) is -0.577. The van der Waals surface area contributed by atoms with Gasteiger partial charge in [0.25, 0.3) is 5.91 Å². The number of carboxylic acids is 1. The number of aromatic nitrogens is 3. The summed E-state index contributed by atoms with van der Waals surface area (Å²) in [6.07, 6.45) is -8.69. The molecule has 0 saturated heterocycles. The van der Waals surface area contributed by atoms with Crippen molar-refractivity contribution in [3.63, 3.8) is 0 Å². The summed E-state index contributed by atoms with van der Waals surface area (Å²) in [5.41, 5.74) is -1.39. The van der Waals surface area contributed by atoms with Crippen molar-refractivity contribution in [2.45, 2.75) is 25.2 Å². The minimum atomic E-state index is -4.85.